The maximum atomic E-state index is 13.7. The van der Waals surface area contributed by atoms with Crippen molar-refractivity contribution < 1.29 is 26.8 Å². The average molecular weight is 524 g/mol. The fraction of sp³-hybridized carbons (Fsp3) is 0.462. The maximum absolute atomic E-state index is 13.7. The highest BCUT2D eigenvalue weighted by Gasteiger charge is 2.27. The van der Waals surface area contributed by atoms with E-state index in [9.17, 15) is 26.8 Å². The van der Waals surface area contributed by atoms with E-state index in [-0.39, 0.29) is 49.4 Å². The van der Waals surface area contributed by atoms with E-state index in [1.165, 1.54) is 11.0 Å². The summed E-state index contributed by atoms with van der Waals surface area (Å²) in [5, 5.41) is 2.85. The Morgan fingerprint density at radius 3 is 2.31 bits per heavy atom. The van der Waals surface area contributed by atoms with Gasteiger partial charge in [-0.1, -0.05) is 43.7 Å². The number of aryl methyl sites for hydroxylation is 1. The van der Waals surface area contributed by atoms with Crippen LogP contribution in [0.5, 0.6) is 0 Å². The summed E-state index contributed by atoms with van der Waals surface area (Å²) < 4.78 is 52.6. The summed E-state index contributed by atoms with van der Waals surface area (Å²) in [5.41, 5.74) is 1.86. The molecule has 0 heterocycles. The average Bonchev–Trinajstić information content (AvgIpc) is 2.79. The third kappa shape index (κ3) is 8.58. The quantitative estimate of drug-likeness (QED) is 0.456. The summed E-state index contributed by atoms with van der Waals surface area (Å²) >= 11 is 0. The summed E-state index contributed by atoms with van der Waals surface area (Å²) in [5.74, 6) is -2.59. The molecule has 0 aromatic heterocycles. The molecule has 2 aromatic rings. The molecule has 0 aliphatic carbocycles. The normalized spacial score (nSPS) is 12.3. The number of hydrogen-bond donors (Lipinski definition) is 1. The van der Waals surface area contributed by atoms with Crippen molar-refractivity contribution in [3.63, 3.8) is 0 Å². The third-order valence-corrected chi connectivity index (χ3v) is 6.82. The Morgan fingerprint density at radius 2 is 1.72 bits per heavy atom. The lowest BCUT2D eigenvalue weighted by Crippen LogP contribution is -2.48. The van der Waals surface area contributed by atoms with E-state index in [2.05, 4.69) is 5.32 Å². The molecule has 2 rings (SSSR count). The van der Waals surface area contributed by atoms with E-state index >= 15 is 0 Å². The molecular weight excluding hydrogens is 488 g/mol. The highest BCUT2D eigenvalue weighted by atomic mass is 32.2. The monoisotopic (exact) mass is 523 g/mol. The first kappa shape index (κ1) is 29.2. The zero-order valence-electron chi connectivity index (χ0n) is 21.4. The predicted molar refractivity (Wildman–Crippen MR) is 137 cm³/mol. The Bertz CT molecular complexity index is 1170. The number of nitrogens with one attached hydrogen (secondary N) is 1. The molecule has 0 aliphatic rings. The number of rotatable bonds is 12. The molecule has 2 amide bonds. The first-order valence-corrected chi connectivity index (χ1v) is 13.7. The van der Waals surface area contributed by atoms with Gasteiger partial charge >= 0.3 is 0 Å². The molecule has 7 nitrogen and oxygen atoms in total. The molecule has 0 saturated carbocycles. The van der Waals surface area contributed by atoms with E-state index < -0.39 is 27.7 Å². The molecule has 10 heteroatoms. The van der Waals surface area contributed by atoms with Crippen LogP contribution in [-0.2, 0) is 26.2 Å². The van der Waals surface area contributed by atoms with E-state index in [1.54, 1.807) is 6.92 Å². The van der Waals surface area contributed by atoms with Gasteiger partial charge in [-0.25, -0.2) is 17.2 Å². The van der Waals surface area contributed by atoms with E-state index in [1.807, 2.05) is 45.0 Å². The zero-order chi connectivity index (χ0) is 27.0. The number of nitrogens with zero attached hydrogens (tertiary/aromatic N) is 2. The number of anilines is 1. The van der Waals surface area contributed by atoms with Gasteiger partial charge in [-0.2, -0.15) is 0 Å². The van der Waals surface area contributed by atoms with Gasteiger partial charge < -0.3 is 10.2 Å². The standard InChI is InChI=1S/C26H35F2N3O4S/c1-18(2)16-29-26(33)20(4)30(17-21-9-6-8-19(3)14-21)25(32)10-7-13-31(36(5,34)35)22-11-12-23(27)24(28)15-22/h6,8-9,11-12,14-15,18,20H,7,10,13,16-17H2,1-5H3,(H,29,33)/t20-/m1/s1. The highest BCUT2D eigenvalue weighted by Crippen LogP contribution is 2.22. The molecule has 0 fully saturated rings. The van der Waals surface area contributed by atoms with Gasteiger partial charge in [0.05, 0.1) is 11.9 Å². The number of hydrogen-bond acceptors (Lipinski definition) is 4. The third-order valence-electron chi connectivity index (χ3n) is 5.63. The second kappa shape index (κ2) is 12.8. The van der Waals surface area contributed by atoms with Crippen molar-refractivity contribution in [3.8, 4) is 0 Å². The molecule has 0 radical (unpaired) electrons. The van der Waals surface area contributed by atoms with E-state index in [0.29, 0.717) is 6.54 Å². The van der Waals surface area contributed by atoms with Gasteiger partial charge in [0, 0.05) is 32.1 Å². The largest absolute Gasteiger partial charge is 0.354 e. The van der Waals surface area contributed by atoms with Crippen LogP contribution < -0.4 is 9.62 Å². The van der Waals surface area contributed by atoms with Crippen molar-refractivity contribution in [2.24, 2.45) is 5.92 Å². The minimum atomic E-state index is -3.81. The van der Waals surface area contributed by atoms with Crippen LogP contribution in [-0.4, -0.2) is 50.5 Å². The zero-order valence-corrected chi connectivity index (χ0v) is 22.2. The molecule has 1 N–H and O–H groups in total. The minimum absolute atomic E-state index is 0.0260. The van der Waals surface area contributed by atoms with Gasteiger partial charge in [-0.05, 0) is 43.9 Å². The van der Waals surface area contributed by atoms with Crippen molar-refractivity contribution in [3.05, 3.63) is 65.2 Å². The SMILES string of the molecule is Cc1cccc(CN(C(=O)CCCN(c2ccc(F)c(F)c2)S(C)(=O)=O)[C@H](C)C(=O)NCC(C)C)c1. The lowest BCUT2D eigenvalue weighted by molar-refractivity contribution is -0.140. The molecule has 0 spiro atoms. The maximum Gasteiger partial charge on any atom is 0.242 e. The molecular formula is C26H35F2N3O4S. The Kier molecular flexibility index (Phi) is 10.4. The number of benzene rings is 2. The summed E-state index contributed by atoms with van der Waals surface area (Å²) in [7, 11) is -3.81. The van der Waals surface area contributed by atoms with E-state index in [4.69, 9.17) is 0 Å². The number of carbonyl (C=O) groups is 2. The van der Waals surface area contributed by atoms with E-state index in [0.717, 1.165) is 33.8 Å². The van der Waals surface area contributed by atoms with Gasteiger partial charge in [0.15, 0.2) is 11.6 Å². The fourth-order valence-corrected chi connectivity index (χ4v) is 4.64. The van der Waals surface area contributed by atoms with Gasteiger partial charge in [-0.3, -0.25) is 13.9 Å². The van der Waals surface area contributed by atoms with Gasteiger partial charge in [0.25, 0.3) is 0 Å². The second-order valence-electron chi connectivity index (χ2n) is 9.36. The number of carbonyl (C=O) groups excluding carboxylic acids is 2. The van der Waals surface area contributed by atoms with Crippen molar-refractivity contribution in [2.75, 3.05) is 23.7 Å². The lowest BCUT2D eigenvalue weighted by Gasteiger charge is -2.30. The summed E-state index contributed by atoms with van der Waals surface area (Å²) in [6.45, 7) is 8.13. The van der Waals surface area contributed by atoms with Crippen LogP contribution in [0.15, 0.2) is 42.5 Å². The second-order valence-corrected chi connectivity index (χ2v) is 11.3. The molecule has 1 atom stereocenters. The number of halogens is 2. The van der Waals surface area contributed by atoms with Gasteiger partial charge in [0.2, 0.25) is 21.8 Å². The van der Waals surface area contributed by atoms with Crippen molar-refractivity contribution >= 4 is 27.5 Å². The Balaban J connectivity index is 2.18. The van der Waals surface area contributed by atoms with Crippen LogP contribution in [0.25, 0.3) is 0 Å². The van der Waals surface area contributed by atoms with Crippen LogP contribution in [0.4, 0.5) is 14.5 Å². The van der Waals surface area contributed by atoms with Crippen LogP contribution in [0.1, 0.15) is 44.7 Å². The topological polar surface area (TPSA) is 86.8 Å². The van der Waals surface area contributed by atoms with Gasteiger partial charge in [-0.15, -0.1) is 0 Å². The first-order chi connectivity index (χ1) is 16.8. The summed E-state index contributed by atoms with van der Waals surface area (Å²) in [6, 6.07) is 9.72. The first-order valence-electron chi connectivity index (χ1n) is 11.8. The van der Waals surface area contributed by atoms with Crippen LogP contribution in [0.2, 0.25) is 0 Å². The number of sulfonamides is 1. The molecule has 198 valence electrons. The summed E-state index contributed by atoms with van der Waals surface area (Å²) in [6.07, 6.45) is 1.04. The van der Waals surface area contributed by atoms with Crippen LogP contribution >= 0.6 is 0 Å². The molecule has 36 heavy (non-hydrogen) atoms. The van der Waals surface area contributed by atoms with Crippen LogP contribution in [0, 0.1) is 24.5 Å². The molecule has 0 bridgehead atoms. The molecule has 0 aliphatic heterocycles. The Hall–Kier alpha value is -3.01. The summed E-state index contributed by atoms with van der Waals surface area (Å²) in [4.78, 5) is 27.5. The van der Waals surface area contributed by atoms with Crippen molar-refractivity contribution in [1.82, 2.24) is 10.2 Å². The fourth-order valence-electron chi connectivity index (χ4n) is 3.69. The minimum Gasteiger partial charge on any atom is -0.354 e. The Morgan fingerprint density at radius 1 is 1.03 bits per heavy atom. The van der Waals surface area contributed by atoms with Gasteiger partial charge in [0.1, 0.15) is 6.04 Å². The molecule has 0 saturated heterocycles. The van der Waals surface area contributed by atoms with Crippen LogP contribution in [0.3, 0.4) is 0 Å². The van der Waals surface area contributed by atoms with Crippen molar-refractivity contribution in [2.45, 2.75) is 53.1 Å². The van der Waals surface area contributed by atoms with Crippen molar-refractivity contribution in [1.29, 1.82) is 0 Å². The number of amides is 2. The predicted octanol–water partition coefficient (Wildman–Crippen LogP) is 4.01. The molecule has 0 unspecified atom stereocenters. The molecule has 2 aromatic carbocycles. The lowest BCUT2D eigenvalue weighted by atomic mass is 10.1. The highest BCUT2D eigenvalue weighted by molar-refractivity contribution is 7.92. The Labute approximate surface area is 212 Å². The smallest absolute Gasteiger partial charge is 0.242 e.